The van der Waals surface area contributed by atoms with Crippen molar-refractivity contribution in [3.63, 3.8) is 0 Å². The number of nitrogens with zero attached hydrogens (tertiary/aromatic N) is 5. The molecule has 0 saturated heterocycles. The van der Waals surface area contributed by atoms with E-state index in [-0.39, 0.29) is 28.8 Å². The van der Waals surface area contributed by atoms with Gasteiger partial charge in [-0.25, -0.2) is 4.79 Å². The third-order valence-corrected chi connectivity index (χ3v) is 14.2. The molecular formula is C38H40ClN5O3Si. The normalized spacial score (nSPS) is 12.2. The third kappa shape index (κ3) is 5.65. The molecule has 0 aliphatic heterocycles. The largest absolute Gasteiger partial charge is 0.400 e. The van der Waals surface area contributed by atoms with Gasteiger partial charge >= 0.3 is 5.69 Å². The molecule has 0 bridgehead atoms. The van der Waals surface area contributed by atoms with Crippen LogP contribution in [0.4, 0.5) is 0 Å². The number of benzene rings is 4. The molecule has 48 heavy (non-hydrogen) atoms. The molecule has 6 rings (SSSR count). The maximum atomic E-state index is 14.1. The topological polar surface area (TPSA) is 83.9 Å². The zero-order valence-corrected chi connectivity index (χ0v) is 29.9. The number of hydrogen-bond acceptors (Lipinski definition) is 5. The van der Waals surface area contributed by atoms with Crippen molar-refractivity contribution < 1.29 is 4.43 Å². The van der Waals surface area contributed by atoms with E-state index >= 15 is 0 Å². The van der Waals surface area contributed by atoms with Gasteiger partial charge in [0.2, 0.25) is 0 Å². The molecule has 6 aromatic rings. The van der Waals surface area contributed by atoms with Crippen LogP contribution >= 0.6 is 11.6 Å². The molecule has 0 unspecified atom stereocenters. The summed E-state index contributed by atoms with van der Waals surface area (Å²) in [5, 5.41) is 13.2. The van der Waals surface area contributed by atoms with Crippen LogP contribution in [0.3, 0.4) is 0 Å². The molecule has 2 heterocycles. The van der Waals surface area contributed by atoms with Crippen LogP contribution in [0.1, 0.15) is 59.0 Å². The Morgan fingerprint density at radius 3 is 1.92 bits per heavy atom. The molecule has 10 heteroatoms. The minimum absolute atomic E-state index is 0.0788. The fourth-order valence-electron chi connectivity index (χ4n) is 6.62. The average molecular weight is 678 g/mol. The molecule has 0 radical (unpaired) electrons. The van der Waals surface area contributed by atoms with Crippen molar-refractivity contribution in [1.82, 2.24) is 24.1 Å². The Hall–Kier alpha value is -4.57. The maximum Gasteiger partial charge on any atom is 0.350 e. The van der Waals surface area contributed by atoms with Gasteiger partial charge in [0.15, 0.2) is 5.82 Å². The van der Waals surface area contributed by atoms with E-state index in [1.165, 1.54) is 9.36 Å². The van der Waals surface area contributed by atoms with Crippen molar-refractivity contribution in [2.24, 2.45) is 0 Å². The first-order valence-corrected chi connectivity index (χ1v) is 18.5. The van der Waals surface area contributed by atoms with E-state index in [1.54, 1.807) is 28.8 Å². The van der Waals surface area contributed by atoms with Gasteiger partial charge in [0.25, 0.3) is 13.9 Å². The van der Waals surface area contributed by atoms with Gasteiger partial charge in [-0.1, -0.05) is 125 Å². The lowest BCUT2D eigenvalue weighted by Crippen LogP contribution is -2.66. The number of aromatic nitrogens is 5. The summed E-state index contributed by atoms with van der Waals surface area (Å²) in [7, 11) is -2.90. The first-order valence-electron chi connectivity index (χ1n) is 16.2. The smallest absolute Gasteiger partial charge is 0.350 e. The van der Waals surface area contributed by atoms with Gasteiger partial charge in [0.1, 0.15) is 0 Å². The summed E-state index contributed by atoms with van der Waals surface area (Å²) in [5.41, 5.74) is 1.01. The third-order valence-electron chi connectivity index (χ3n) is 8.87. The second-order valence-corrected chi connectivity index (χ2v) is 17.9. The number of fused-ring (bicyclic) bond motifs is 1. The van der Waals surface area contributed by atoms with Crippen LogP contribution in [0, 0.1) is 0 Å². The molecule has 8 nitrogen and oxygen atoms in total. The molecule has 0 spiro atoms. The maximum absolute atomic E-state index is 14.1. The number of para-hydroxylation sites is 1. The highest BCUT2D eigenvalue weighted by Crippen LogP contribution is 2.37. The molecule has 0 aliphatic rings. The quantitative estimate of drug-likeness (QED) is 0.161. The van der Waals surface area contributed by atoms with Crippen molar-refractivity contribution in [2.75, 3.05) is 0 Å². The molecule has 0 aliphatic carbocycles. The first-order chi connectivity index (χ1) is 23.0. The van der Waals surface area contributed by atoms with E-state index in [0.29, 0.717) is 45.2 Å². The van der Waals surface area contributed by atoms with Gasteiger partial charge < -0.3 is 4.43 Å². The number of rotatable bonds is 9. The Labute approximate surface area is 286 Å². The first kappa shape index (κ1) is 33.3. The van der Waals surface area contributed by atoms with Gasteiger partial charge in [0.05, 0.1) is 34.1 Å². The fourth-order valence-corrected chi connectivity index (χ4v) is 11.3. The highest BCUT2D eigenvalue weighted by Gasteiger charge is 2.50. The van der Waals surface area contributed by atoms with Crippen LogP contribution in [0.2, 0.25) is 10.1 Å². The SMILES string of the molecule is CCn1c(CO[Si](c2ccccc2)(c2ccccc2)C(C)(C)C)nn(-c2cccc3c(=O)n(-c4ccccc4Cl)nc(C(C)C)c23)c1=O. The highest BCUT2D eigenvalue weighted by atomic mass is 35.5. The highest BCUT2D eigenvalue weighted by molar-refractivity contribution is 6.99. The Kier molecular flexibility index (Phi) is 9.13. The van der Waals surface area contributed by atoms with Crippen molar-refractivity contribution in [2.45, 2.75) is 65.7 Å². The minimum atomic E-state index is -2.90. The summed E-state index contributed by atoms with van der Waals surface area (Å²) < 4.78 is 11.6. The molecule has 0 atom stereocenters. The molecule has 4 aromatic carbocycles. The lowest BCUT2D eigenvalue weighted by Gasteiger charge is -2.42. The molecule has 0 fully saturated rings. The van der Waals surface area contributed by atoms with Crippen LogP contribution < -0.4 is 21.6 Å². The number of halogens is 1. The second kappa shape index (κ2) is 13.1. The molecule has 0 N–H and O–H groups in total. The summed E-state index contributed by atoms with van der Waals surface area (Å²) >= 11 is 6.50. The van der Waals surface area contributed by atoms with Crippen LogP contribution in [0.25, 0.3) is 22.1 Å². The van der Waals surface area contributed by atoms with E-state index in [2.05, 4.69) is 45.0 Å². The Morgan fingerprint density at radius 1 is 0.771 bits per heavy atom. The minimum Gasteiger partial charge on any atom is -0.400 e. The van der Waals surface area contributed by atoms with Crippen LogP contribution in [0.15, 0.2) is 113 Å². The van der Waals surface area contributed by atoms with Crippen LogP contribution in [0.5, 0.6) is 0 Å². The lowest BCUT2D eigenvalue weighted by atomic mass is 10.0. The predicted octanol–water partition coefficient (Wildman–Crippen LogP) is 6.61. The van der Waals surface area contributed by atoms with Gasteiger partial charge in [-0.3, -0.25) is 9.36 Å². The Morgan fingerprint density at radius 2 is 1.35 bits per heavy atom. The van der Waals surface area contributed by atoms with Crippen LogP contribution in [-0.2, 0) is 17.6 Å². The van der Waals surface area contributed by atoms with Gasteiger partial charge in [-0.05, 0) is 52.5 Å². The van der Waals surface area contributed by atoms with Gasteiger partial charge in [-0.15, -0.1) is 5.10 Å². The average Bonchev–Trinajstić information content (AvgIpc) is 3.40. The summed E-state index contributed by atoms with van der Waals surface area (Å²) in [5.74, 6) is 0.431. The molecule has 0 saturated carbocycles. The van der Waals surface area contributed by atoms with Crippen molar-refractivity contribution in [3.05, 3.63) is 141 Å². The van der Waals surface area contributed by atoms with E-state index in [0.717, 1.165) is 10.4 Å². The Bertz CT molecular complexity index is 2160. The molecule has 0 amide bonds. The van der Waals surface area contributed by atoms with Crippen molar-refractivity contribution in [3.8, 4) is 11.4 Å². The molecular weight excluding hydrogens is 638 g/mol. The monoisotopic (exact) mass is 677 g/mol. The lowest BCUT2D eigenvalue weighted by molar-refractivity contribution is 0.270. The zero-order chi connectivity index (χ0) is 34.2. The standard InChI is InChI=1S/C38H40ClN5O3Si/c1-7-42-33(25-47-48(38(4,5)6,27-17-10-8-11-18-27)28-19-12-9-13-20-28)40-44(37(42)46)32-24-16-21-29-34(32)35(26(2)3)41-43(36(29)45)31-23-15-14-22-30(31)39/h8-24,26H,7,25H2,1-6H3. The van der Waals surface area contributed by atoms with E-state index < -0.39 is 8.32 Å². The van der Waals surface area contributed by atoms with Gasteiger partial charge in [-0.2, -0.15) is 14.5 Å². The van der Waals surface area contributed by atoms with E-state index in [9.17, 15) is 9.59 Å². The predicted molar refractivity (Wildman–Crippen MR) is 196 cm³/mol. The summed E-state index contributed by atoms with van der Waals surface area (Å²) in [4.78, 5) is 28.1. The molecule has 2 aromatic heterocycles. The van der Waals surface area contributed by atoms with E-state index in [4.69, 9.17) is 26.2 Å². The fraction of sp³-hybridized carbons (Fsp3) is 0.263. The van der Waals surface area contributed by atoms with Crippen molar-refractivity contribution in [1.29, 1.82) is 0 Å². The summed E-state index contributed by atoms with van der Waals surface area (Å²) in [6.07, 6.45) is 0. The Balaban J connectivity index is 1.52. The molecule has 246 valence electrons. The zero-order valence-electron chi connectivity index (χ0n) is 28.1. The number of hydrogen-bond donors (Lipinski definition) is 0. The summed E-state index contributed by atoms with van der Waals surface area (Å²) in [6.45, 7) is 13.1. The van der Waals surface area contributed by atoms with Crippen LogP contribution in [-0.4, -0.2) is 32.4 Å². The summed E-state index contributed by atoms with van der Waals surface area (Å²) in [6, 6.07) is 33.3. The van der Waals surface area contributed by atoms with Crippen molar-refractivity contribution >= 4 is 41.1 Å². The van der Waals surface area contributed by atoms with Gasteiger partial charge in [0, 0.05) is 11.9 Å². The second-order valence-electron chi connectivity index (χ2n) is 13.2. The van der Waals surface area contributed by atoms with E-state index in [1.807, 2.05) is 75.4 Å².